The summed E-state index contributed by atoms with van der Waals surface area (Å²) in [5, 5.41) is -0.105. The third kappa shape index (κ3) is 4.62. The number of anilines is 1. The van der Waals surface area contributed by atoms with Gasteiger partial charge in [0, 0.05) is 23.0 Å². The second-order valence-electron chi connectivity index (χ2n) is 7.49. The zero-order valence-electron chi connectivity index (χ0n) is 18.0. The highest BCUT2D eigenvalue weighted by molar-refractivity contribution is 7.91. The summed E-state index contributed by atoms with van der Waals surface area (Å²) in [5.41, 5.74) is 3.57. The molecule has 33 heavy (non-hydrogen) atoms. The number of hydrogen-bond acceptors (Lipinski definition) is 5. The Morgan fingerprint density at radius 1 is 0.909 bits per heavy atom. The lowest BCUT2D eigenvalue weighted by Crippen LogP contribution is -2.30. The van der Waals surface area contributed by atoms with Gasteiger partial charge in [-0.2, -0.15) is 0 Å². The fourth-order valence-corrected chi connectivity index (χ4v) is 4.93. The Balaban J connectivity index is 1.86. The molecule has 6 nitrogen and oxygen atoms in total. The molecule has 1 aliphatic heterocycles. The van der Waals surface area contributed by atoms with Crippen LogP contribution in [0.25, 0.3) is 5.70 Å². The van der Waals surface area contributed by atoms with Gasteiger partial charge in [-0.25, -0.2) is 17.7 Å². The lowest BCUT2D eigenvalue weighted by atomic mass is 10.1. The van der Waals surface area contributed by atoms with Crippen molar-refractivity contribution in [3.8, 4) is 0 Å². The number of thiocarbonyl (C=S) groups is 1. The molecule has 0 N–H and O–H groups in total. The molecule has 0 aliphatic carbocycles. The van der Waals surface area contributed by atoms with E-state index in [1.807, 2.05) is 37.3 Å². The van der Waals surface area contributed by atoms with Gasteiger partial charge in [0.25, 0.3) is 10.0 Å². The average Bonchev–Trinajstić information content (AvgIpc) is 2.99. The highest BCUT2D eigenvalue weighted by Gasteiger charge is 2.29. The molecule has 0 radical (unpaired) electrons. The van der Waals surface area contributed by atoms with Crippen molar-refractivity contribution in [3.63, 3.8) is 0 Å². The molecule has 0 bridgehead atoms. The fraction of sp³-hybridized carbons (Fsp3) is 0.0800. The molecule has 4 rings (SSSR count). The first-order valence-corrected chi connectivity index (χ1v) is 12.0. The first-order chi connectivity index (χ1) is 15.8. The molecule has 0 aromatic heterocycles. The summed E-state index contributed by atoms with van der Waals surface area (Å²) in [5.74, 6) is -0.0403. The molecule has 0 atom stereocenters. The summed E-state index contributed by atoms with van der Waals surface area (Å²) in [6, 6.07) is 23.0. The maximum absolute atomic E-state index is 13.5. The summed E-state index contributed by atoms with van der Waals surface area (Å²) in [6.07, 6.45) is 2.98. The van der Waals surface area contributed by atoms with E-state index in [2.05, 4.69) is 4.99 Å². The largest absolute Gasteiger partial charge is 0.299 e. The molecule has 166 valence electrons. The Morgan fingerprint density at radius 2 is 1.55 bits per heavy atom. The van der Waals surface area contributed by atoms with Crippen LogP contribution in [0.4, 0.5) is 5.69 Å². The molecule has 0 amide bonds. The molecule has 8 heteroatoms. The van der Waals surface area contributed by atoms with Crippen LogP contribution >= 0.6 is 12.2 Å². The number of ketones is 1. The number of aliphatic imine (C=N–C) groups is 1. The Hall–Kier alpha value is -3.62. The minimum atomic E-state index is -3.99. The van der Waals surface area contributed by atoms with Crippen LogP contribution in [0.3, 0.4) is 0 Å². The van der Waals surface area contributed by atoms with E-state index in [0.717, 1.165) is 15.4 Å². The van der Waals surface area contributed by atoms with Gasteiger partial charge in [-0.05, 0) is 62.5 Å². The first-order valence-electron chi connectivity index (χ1n) is 10.1. The zero-order chi connectivity index (χ0) is 23.6. The summed E-state index contributed by atoms with van der Waals surface area (Å²) in [7, 11) is -3.99. The van der Waals surface area contributed by atoms with Crippen molar-refractivity contribution in [2.45, 2.75) is 18.7 Å². The average molecular weight is 476 g/mol. The minimum absolute atomic E-state index is 0.0403. The second-order valence-corrected chi connectivity index (χ2v) is 9.67. The number of benzene rings is 3. The topological polar surface area (TPSA) is 70.1 Å². The standard InChI is InChI=1S/C25H21N3O3S2/c1-18-8-14-23(15-9-18)33(30,31)28-16-24(21-6-4-3-5-7-21)27(17-26-25(28)32)22-12-10-20(11-13-22)19(2)29/h3-17H,1-2H3. The maximum Gasteiger partial charge on any atom is 0.270 e. The number of aryl methyl sites for hydroxylation is 1. The van der Waals surface area contributed by atoms with E-state index in [1.165, 1.54) is 19.5 Å². The van der Waals surface area contributed by atoms with Gasteiger partial charge in [0.2, 0.25) is 5.11 Å². The molecule has 0 fully saturated rings. The van der Waals surface area contributed by atoms with E-state index < -0.39 is 10.0 Å². The van der Waals surface area contributed by atoms with Crippen molar-refractivity contribution in [2.75, 3.05) is 4.90 Å². The number of sulfonamides is 1. The summed E-state index contributed by atoms with van der Waals surface area (Å²) < 4.78 is 28.0. The molecule has 3 aromatic rings. The van der Waals surface area contributed by atoms with Crippen molar-refractivity contribution in [1.82, 2.24) is 4.31 Å². The Bertz CT molecular complexity index is 1360. The molecular weight excluding hydrogens is 454 g/mol. The number of carbonyl (C=O) groups excluding carboxylic acids is 1. The fourth-order valence-electron chi connectivity index (χ4n) is 3.34. The van der Waals surface area contributed by atoms with Gasteiger partial charge < -0.3 is 0 Å². The molecule has 0 spiro atoms. The van der Waals surface area contributed by atoms with Gasteiger partial charge in [0.1, 0.15) is 6.34 Å². The molecular formula is C25H21N3O3S2. The highest BCUT2D eigenvalue weighted by Crippen LogP contribution is 2.30. The van der Waals surface area contributed by atoms with Crippen molar-refractivity contribution < 1.29 is 13.2 Å². The molecule has 1 aliphatic rings. The summed E-state index contributed by atoms with van der Waals surface area (Å²) >= 11 is 5.38. The van der Waals surface area contributed by atoms with Crippen LogP contribution in [0.1, 0.15) is 28.4 Å². The van der Waals surface area contributed by atoms with E-state index in [-0.39, 0.29) is 15.8 Å². The van der Waals surface area contributed by atoms with E-state index in [1.54, 1.807) is 53.4 Å². The van der Waals surface area contributed by atoms with Crippen molar-refractivity contribution in [3.05, 3.63) is 102 Å². The van der Waals surface area contributed by atoms with Crippen LogP contribution in [0.15, 0.2) is 95.0 Å². The van der Waals surface area contributed by atoms with Crippen LogP contribution in [0.5, 0.6) is 0 Å². The van der Waals surface area contributed by atoms with E-state index in [9.17, 15) is 13.2 Å². The second kappa shape index (κ2) is 9.09. The lowest BCUT2D eigenvalue weighted by Gasteiger charge is -2.24. The smallest absolute Gasteiger partial charge is 0.270 e. The van der Waals surface area contributed by atoms with Crippen LogP contribution in [-0.4, -0.2) is 30.0 Å². The monoisotopic (exact) mass is 475 g/mol. The summed E-state index contributed by atoms with van der Waals surface area (Å²) in [6.45, 7) is 3.39. The third-order valence-electron chi connectivity index (χ3n) is 5.17. The maximum atomic E-state index is 13.5. The van der Waals surface area contributed by atoms with Gasteiger partial charge in [0.05, 0.1) is 10.6 Å². The van der Waals surface area contributed by atoms with Gasteiger partial charge in [-0.15, -0.1) is 0 Å². The predicted molar refractivity (Wildman–Crippen MR) is 135 cm³/mol. The van der Waals surface area contributed by atoms with Crippen molar-refractivity contribution >= 4 is 50.9 Å². The molecule has 1 heterocycles. The highest BCUT2D eigenvalue weighted by atomic mass is 32.2. The van der Waals surface area contributed by atoms with Crippen LogP contribution in [0, 0.1) is 6.92 Å². The van der Waals surface area contributed by atoms with Crippen molar-refractivity contribution in [1.29, 1.82) is 0 Å². The normalized spacial score (nSPS) is 14.1. The van der Waals surface area contributed by atoms with Gasteiger partial charge >= 0.3 is 0 Å². The van der Waals surface area contributed by atoms with Gasteiger partial charge in [0.15, 0.2) is 5.78 Å². The molecule has 0 unspecified atom stereocenters. The third-order valence-corrected chi connectivity index (χ3v) is 7.25. The van der Waals surface area contributed by atoms with Gasteiger partial charge in [-0.3, -0.25) is 9.69 Å². The van der Waals surface area contributed by atoms with Crippen LogP contribution in [0.2, 0.25) is 0 Å². The number of carbonyl (C=O) groups is 1. The molecule has 0 saturated carbocycles. The SMILES string of the molecule is CC(=O)c1ccc(N2C=NC(=S)N(S(=O)(=O)c3ccc(C)cc3)C=C2c2ccccc2)cc1. The number of Topliss-reactive ketones (excluding diaryl/α,β-unsaturated/α-hetero) is 1. The number of hydrogen-bond donors (Lipinski definition) is 0. The number of rotatable bonds is 5. The first kappa shape index (κ1) is 22.6. The molecule has 3 aromatic carbocycles. The summed E-state index contributed by atoms with van der Waals surface area (Å²) in [4.78, 5) is 17.8. The van der Waals surface area contributed by atoms with E-state index >= 15 is 0 Å². The van der Waals surface area contributed by atoms with Gasteiger partial charge in [-0.1, -0.05) is 48.0 Å². The van der Waals surface area contributed by atoms with Crippen LogP contribution in [-0.2, 0) is 10.0 Å². The predicted octanol–water partition coefficient (Wildman–Crippen LogP) is 5.02. The zero-order valence-corrected chi connectivity index (χ0v) is 19.7. The molecule has 0 saturated heterocycles. The number of nitrogens with zero attached hydrogens (tertiary/aromatic N) is 3. The Morgan fingerprint density at radius 3 is 2.15 bits per heavy atom. The Kier molecular flexibility index (Phi) is 6.22. The van der Waals surface area contributed by atoms with Crippen molar-refractivity contribution in [2.24, 2.45) is 4.99 Å². The van der Waals surface area contributed by atoms with E-state index in [4.69, 9.17) is 12.2 Å². The minimum Gasteiger partial charge on any atom is -0.299 e. The van der Waals surface area contributed by atoms with E-state index in [0.29, 0.717) is 16.9 Å². The van der Waals surface area contributed by atoms with Crippen LogP contribution < -0.4 is 4.90 Å². The quantitative estimate of drug-likeness (QED) is 0.383. The Labute approximate surface area is 198 Å². The lowest BCUT2D eigenvalue weighted by molar-refractivity contribution is 0.101.